The van der Waals surface area contributed by atoms with Crippen molar-refractivity contribution in [1.29, 1.82) is 0 Å². The van der Waals surface area contributed by atoms with E-state index in [-0.39, 0.29) is 12.6 Å². The summed E-state index contributed by atoms with van der Waals surface area (Å²) in [6.45, 7) is 7.50. The van der Waals surface area contributed by atoms with E-state index in [1.54, 1.807) is 0 Å². The van der Waals surface area contributed by atoms with Crippen LogP contribution in [0, 0.1) is 12.8 Å². The lowest BCUT2D eigenvalue weighted by atomic mass is 9.92. The highest BCUT2D eigenvalue weighted by molar-refractivity contribution is 5.90. The standard InChI is InChI=1S/C29H38F3N5O2/c1-20-5-6-24(33-28(38)37-9-7-21(18-37)17-29(30,31)32)16-25(20)23-14-26(22-4-3-8-35(2)19-22)34-27(15-23)36-10-12-39-13-11-36/h5-6,14-16,21-22H,3-4,7-13,17-19H2,1-2H3,(H,33,38). The van der Waals surface area contributed by atoms with Gasteiger partial charge in [-0.1, -0.05) is 6.07 Å². The van der Waals surface area contributed by atoms with Crippen LogP contribution in [-0.4, -0.2) is 86.5 Å². The number of aromatic nitrogens is 1. The molecule has 4 heterocycles. The molecule has 5 rings (SSSR count). The Morgan fingerprint density at radius 1 is 1.08 bits per heavy atom. The van der Waals surface area contributed by atoms with E-state index in [0.29, 0.717) is 37.8 Å². The number of likely N-dealkylation sites (N-methyl/N-ethyl adjacent to an activating group) is 1. The quantitative estimate of drug-likeness (QED) is 0.537. The smallest absolute Gasteiger partial charge is 0.378 e. The number of nitrogens with zero attached hydrogens (tertiary/aromatic N) is 4. The van der Waals surface area contributed by atoms with Crippen molar-refractivity contribution in [2.75, 3.05) is 69.7 Å². The van der Waals surface area contributed by atoms with E-state index in [4.69, 9.17) is 9.72 Å². The number of likely N-dealkylation sites (tertiary alicyclic amines) is 2. The number of carbonyl (C=O) groups excluding carboxylic acids is 1. The van der Waals surface area contributed by atoms with E-state index in [9.17, 15) is 18.0 Å². The number of hydrogen-bond acceptors (Lipinski definition) is 5. The van der Waals surface area contributed by atoms with Crippen LogP contribution in [-0.2, 0) is 4.74 Å². The lowest BCUT2D eigenvalue weighted by molar-refractivity contribution is -0.143. The molecule has 1 N–H and O–H groups in total. The molecule has 0 saturated carbocycles. The first-order chi connectivity index (χ1) is 18.6. The van der Waals surface area contributed by atoms with E-state index in [0.717, 1.165) is 67.2 Å². The van der Waals surface area contributed by atoms with E-state index < -0.39 is 18.5 Å². The fourth-order valence-corrected chi connectivity index (χ4v) is 5.99. The summed E-state index contributed by atoms with van der Waals surface area (Å²) in [5, 5.41) is 2.92. The van der Waals surface area contributed by atoms with Crippen molar-refractivity contribution >= 4 is 17.5 Å². The number of anilines is 2. The second-order valence-electron chi connectivity index (χ2n) is 11.2. The Kier molecular flexibility index (Phi) is 8.32. The number of carbonyl (C=O) groups is 1. The van der Waals surface area contributed by atoms with Gasteiger partial charge in [-0.15, -0.1) is 0 Å². The van der Waals surface area contributed by atoms with Crippen molar-refractivity contribution in [1.82, 2.24) is 14.8 Å². The van der Waals surface area contributed by atoms with Crippen molar-refractivity contribution in [3.8, 4) is 11.1 Å². The first kappa shape index (κ1) is 27.7. The second kappa shape index (κ2) is 11.7. The number of ether oxygens (including phenoxy) is 1. The van der Waals surface area contributed by atoms with Crippen LogP contribution in [0.15, 0.2) is 30.3 Å². The van der Waals surface area contributed by atoms with Gasteiger partial charge < -0.3 is 24.8 Å². The zero-order chi connectivity index (χ0) is 27.6. The molecule has 0 radical (unpaired) electrons. The summed E-state index contributed by atoms with van der Waals surface area (Å²) in [5.41, 5.74) is 4.84. The third-order valence-corrected chi connectivity index (χ3v) is 8.10. The summed E-state index contributed by atoms with van der Waals surface area (Å²) in [7, 11) is 2.15. The van der Waals surface area contributed by atoms with E-state index >= 15 is 0 Å². The number of nitrogens with one attached hydrogen (secondary N) is 1. The molecule has 10 heteroatoms. The van der Waals surface area contributed by atoms with Crippen molar-refractivity contribution in [2.24, 2.45) is 5.92 Å². The molecule has 0 bridgehead atoms. The van der Waals surface area contributed by atoms with Gasteiger partial charge in [-0.2, -0.15) is 13.2 Å². The summed E-state index contributed by atoms with van der Waals surface area (Å²) in [5.74, 6) is 0.754. The number of urea groups is 1. The minimum absolute atomic E-state index is 0.122. The Morgan fingerprint density at radius 2 is 1.87 bits per heavy atom. The molecule has 3 aliphatic heterocycles. The van der Waals surface area contributed by atoms with Gasteiger partial charge in [0.25, 0.3) is 0 Å². The summed E-state index contributed by atoms with van der Waals surface area (Å²) in [6.07, 6.45) is -2.45. The normalized spacial score (nSPS) is 22.8. The minimum Gasteiger partial charge on any atom is -0.378 e. The molecule has 1 aromatic carbocycles. The Balaban J connectivity index is 1.39. The average Bonchev–Trinajstić information content (AvgIpc) is 3.37. The molecule has 3 saturated heterocycles. The van der Waals surface area contributed by atoms with Crippen molar-refractivity contribution in [3.05, 3.63) is 41.6 Å². The van der Waals surface area contributed by atoms with Gasteiger partial charge in [-0.25, -0.2) is 9.78 Å². The molecule has 2 atom stereocenters. The predicted octanol–water partition coefficient (Wildman–Crippen LogP) is 5.51. The van der Waals surface area contributed by atoms with Gasteiger partial charge in [0.15, 0.2) is 0 Å². The van der Waals surface area contributed by atoms with Crippen molar-refractivity contribution < 1.29 is 22.7 Å². The molecular formula is C29H38F3N5O2. The number of alkyl halides is 3. The Morgan fingerprint density at radius 3 is 2.62 bits per heavy atom. The van der Waals surface area contributed by atoms with Crippen LogP contribution in [0.3, 0.4) is 0 Å². The van der Waals surface area contributed by atoms with E-state index in [1.165, 1.54) is 4.90 Å². The third-order valence-electron chi connectivity index (χ3n) is 8.10. The van der Waals surface area contributed by atoms with E-state index in [1.807, 2.05) is 25.1 Å². The molecule has 2 unspecified atom stereocenters. The largest absolute Gasteiger partial charge is 0.389 e. The van der Waals surface area contributed by atoms with Crippen LogP contribution in [0.1, 0.15) is 42.9 Å². The first-order valence-electron chi connectivity index (χ1n) is 13.9. The highest BCUT2D eigenvalue weighted by Gasteiger charge is 2.36. The number of piperidine rings is 1. The van der Waals surface area contributed by atoms with Crippen LogP contribution < -0.4 is 10.2 Å². The zero-order valence-corrected chi connectivity index (χ0v) is 22.8. The van der Waals surface area contributed by atoms with Gasteiger partial charge >= 0.3 is 12.2 Å². The topological polar surface area (TPSA) is 60.9 Å². The van der Waals surface area contributed by atoms with Crippen LogP contribution in [0.4, 0.5) is 29.5 Å². The summed E-state index contributed by atoms with van der Waals surface area (Å²) < 4.78 is 44.0. The molecule has 2 aromatic rings. The number of amides is 2. The maximum absolute atomic E-state index is 12.9. The predicted molar refractivity (Wildman–Crippen MR) is 146 cm³/mol. The molecule has 212 valence electrons. The van der Waals surface area contributed by atoms with E-state index in [2.05, 4.69) is 34.3 Å². The van der Waals surface area contributed by atoms with Crippen LogP contribution in [0.5, 0.6) is 0 Å². The number of morpholine rings is 1. The Hall–Kier alpha value is -2.85. The maximum Gasteiger partial charge on any atom is 0.389 e. The van der Waals surface area contributed by atoms with Crippen LogP contribution >= 0.6 is 0 Å². The van der Waals surface area contributed by atoms with Gasteiger partial charge in [-0.05, 0) is 86.7 Å². The molecular weight excluding hydrogens is 507 g/mol. The molecule has 2 amide bonds. The summed E-state index contributed by atoms with van der Waals surface area (Å²) >= 11 is 0. The molecule has 3 fully saturated rings. The SMILES string of the molecule is Cc1ccc(NC(=O)N2CCC(CC(F)(F)F)C2)cc1-c1cc(C2CCCN(C)C2)nc(N2CCOCC2)c1. The fraction of sp³-hybridized carbons (Fsp3) is 0.586. The van der Waals surface area contributed by atoms with Crippen LogP contribution in [0.25, 0.3) is 11.1 Å². The fourth-order valence-electron chi connectivity index (χ4n) is 5.99. The van der Waals surface area contributed by atoms with Gasteiger partial charge in [0.1, 0.15) is 5.82 Å². The van der Waals surface area contributed by atoms with Gasteiger partial charge in [0.2, 0.25) is 0 Å². The summed E-state index contributed by atoms with van der Waals surface area (Å²) in [6, 6.07) is 9.74. The van der Waals surface area contributed by atoms with Crippen molar-refractivity contribution in [2.45, 2.75) is 44.7 Å². The highest BCUT2D eigenvalue weighted by Crippen LogP contribution is 2.35. The minimum atomic E-state index is -4.21. The number of hydrogen-bond donors (Lipinski definition) is 1. The molecule has 0 aliphatic carbocycles. The molecule has 3 aliphatic rings. The monoisotopic (exact) mass is 545 g/mol. The number of benzene rings is 1. The first-order valence-corrected chi connectivity index (χ1v) is 13.9. The zero-order valence-electron chi connectivity index (χ0n) is 22.8. The number of pyridine rings is 1. The van der Waals surface area contributed by atoms with Crippen molar-refractivity contribution in [3.63, 3.8) is 0 Å². The van der Waals surface area contributed by atoms with Gasteiger partial charge in [-0.3, -0.25) is 0 Å². The lowest BCUT2D eigenvalue weighted by Crippen LogP contribution is -2.37. The Bertz CT molecular complexity index is 1170. The second-order valence-corrected chi connectivity index (χ2v) is 11.2. The van der Waals surface area contributed by atoms with Gasteiger partial charge in [0.05, 0.1) is 13.2 Å². The molecule has 7 nitrogen and oxygen atoms in total. The lowest BCUT2D eigenvalue weighted by Gasteiger charge is -2.32. The highest BCUT2D eigenvalue weighted by atomic mass is 19.4. The number of aryl methyl sites for hydroxylation is 1. The third kappa shape index (κ3) is 7.03. The van der Waals surface area contributed by atoms with Crippen LogP contribution in [0.2, 0.25) is 0 Å². The molecule has 0 spiro atoms. The number of rotatable bonds is 5. The average molecular weight is 546 g/mol. The maximum atomic E-state index is 12.9. The summed E-state index contributed by atoms with van der Waals surface area (Å²) in [4.78, 5) is 24.1. The number of halogens is 3. The Labute approximate surface area is 228 Å². The van der Waals surface area contributed by atoms with Gasteiger partial charge in [0, 0.05) is 56.4 Å². The molecule has 39 heavy (non-hydrogen) atoms. The molecule has 1 aromatic heterocycles.